The van der Waals surface area contributed by atoms with Crippen molar-refractivity contribution in [3.8, 4) is 0 Å². The monoisotopic (exact) mass is 1020 g/mol. The van der Waals surface area contributed by atoms with Crippen LogP contribution in [0.4, 0.5) is 0 Å². The van der Waals surface area contributed by atoms with Crippen LogP contribution < -0.4 is 0 Å². The summed E-state index contributed by atoms with van der Waals surface area (Å²) in [6.45, 7) is 11.5. The maximum atomic E-state index is 12.9. The van der Waals surface area contributed by atoms with Crippen molar-refractivity contribution in [3.63, 3.8) is 0 Å². The maximum absolute atomic E-state index is 12.9. The highest BCUT2D eigenvalue weighted by atomic mass is 16.6. The van der Waals surface area contributed by atoms with E-state index in [4.69, 9.17) is 14.2 Å². The molecule has 0 saturated heterocycles. The molecule has 0 heterocycles. The number of hydrogen-bond acceptors (Lipinski definition) is 6. The first-order chi connectivity index (χ1) is 35.3. The van der Waals surface area contributed by atoms with Crippen molar-refractivity contribution in [1.29, 1.82) is 0 Å². The topological polar surface area (TPSA) is 78.9 Å². The molecular weight excluding hydrogens is 889 g/mol. The van der Waals surface area contributed by atoms with Gasteiger partial charge in [-0.25, -0.2) is 0 Å². The lowest BCUT2D eigenvalue weighted by molar-refractivity contribution is -0.167. The van der Waals surface area contributed by atoms with E-state index in [-0.39, 0.29) is 31.1 Å². The van der Waals surface area contributed by atoms with Crippen molar-refractivity contribution in [1.82, 2.24) is 0 Å². The van der Waals surface area contributed by atoms with Crippen LogP contribution >= 0.6 is 0 Å². The van der Waals surface area contributed by atoms with Crippen LogP contribution in [-0.4, -0.2) is 37.2 Å². The molecular formula is C66H128O6. The van der Waals surface area contributed by atoms with E-state index in [9.17, 15) is 14.4 Å². The SMILES string of the molecule is CCCCCCCCCCCCCCCCCCCCCC(=O)O[C@@H](COC(=O)CCCCCCCCCCCCCCCCC(C)C)COC(=O)CCCCCCCCCCCCCCCCC(C)CC. The van der Waals surface area contributed by atoms with Gasteiger partial charge in [0.25, 0.3) is 0 Å². The van der Waals surface area contributed by atoms with Gasteiger partial charge >= 0.3 is 17.9 Å². The van der Waals surface area contributed by atoms with Crippen LogP contribution in [0.25, 0.3) is 0 Å². The first kappa shape index (κ1) is 70.4. The largest absolute Gasteiger partial charge is 0.462 e. The highest BCUT2D eigenvalue weighted by Crippen LogP contribution is 2.19. The minimum Gasteiger partial charge on any atom is -0.462 e. The molecule has 0 spiro atoms. The molecule has 428 valence electrons. The van der Waals surface area contributed by atoms with Crippen LogP contribution in [0.1, 0.15) is 375 Å². The smallest absolute Gasteiger partial charge is 0.306 e. The van der Waals surface area contributed by atoms with Crippen molar-refractivity contribution in [3.05, 3.63) is 0 Å². The van der Waals surface area contributed by atoms with E-state index in [0.717, 1.165) is 69.6 Å². The average molecular weight is 1020 g/mol. The fourth-order valence-corrected chi connectivity index (χ4v) is 10.3. The van der Waals surface area contributed by atoms with E-state index in [0.29, 0.717) is 19.3 Å². The molecule has 0 aromatic rings. The summed E-state index contributed by atoms with van der Waals surface area (Å²) >= 11 is 0. The average Bonchev–Trinajstić information content (AvgIpc) is 3.37. The molecule has 0 aliphatic heterocycles. The summed E-state index contributed by atoms with van der Waals surface area (Å²) in [6, 6.07) is 0. The van der Waals surface area contributed by atoms with E-state index >= 15 is 0 Å². The van der Waals surface area contributed by atoms with E-state index in [1.807, 2.05) is 0 Å². The number of esters is 3. The minimum atomic E-state index is -0.764. The number of rotatable bonds is 60. The van der Waals surface area contributed by atoms with Crippen molar-refractivity contribution >= 4 is 17.9 Å². The molecule has 72 heavy (non-hydrogen) atoms. The lowest BCUT2D eigenvalue weighted by Gasteiger charge is -2.18. The highest BCUT2D eigenvalue weighted by Gasteiger charge is 2.19. The van der Waals surface area contributed by atoms with Gasteiger partial charge in [-0.15, -0.1) is 0 Å². The van der Waals surface area contributed by atoms with Gasteiger partial charge in [0.1, 0.15) is 13.2 Å². The molecule has 0 radical (unpaired) electrons. The highest BCUT2D eigenvalue weighted by molar-refractivity contribution is 5.71. The van der Waals surface area contributed by atoms with Gasteiger partial charge in [0.2, 0.25) is 0 Å². The molecule has 0 N–H and O–H groups in total. The molecule has 0 aromatic heterocycles. The van der Waals surface area contributed by atoms with Gasteiger partial charge < -0.3 is 14.2 Å². The predicted molar refractivity (Wildman–Crippen MR) is 312 cm³/mol. The zero-order valence-corrected chi connectivity index (χ0v) is 49.6. The van der Waals surface area contributed by atoms with Gasteiger partial charge in [-0.05, 0) is 31.1 Å². The molecule has 6 heteroatoms. The zero-order valence-electron chi connectivity index (χ0n) is 49.6. The Bertz CT molecular complexity index is 1110. The Morgan fingerprint density at radius 1 is 0.292 bits per heavy atom. The summed E-state index contributed by atoms with van der Waals surface area (Å²) in [6.07, 6.45) is 65.3. The summed E-state index contributed by atoms with van der Waals surface area (Å²) in [7, 11) is 0. The zero-order chi connectivity index (χ0) is 52.5. The Hall–Kier alpha value is -1.59. The fourth-order valence-electron chi connectivity index (χ4n) is 10.3. The first-order valence-electron chi connectivity index (χ1n) is 32.8. The van der Waals surface area contributed by atoms with Crippen LogP contribution in [0.5, 0.6) is 0 Å². The van der Waals surface area contributed by atoms with Crippen LogP contribution in [0, 0.1) is 11.8 Å². The van der Waals surface area contributed by atoms with Crippen molar-refractivity contribution in [2.24, 2.45) is 11.8 Å². The van der Waals surface area contributed by atoms with Gasteiger partial charge in [0, 0.05) is 19.3 Å². The molecule has 0 aliphatic carbocycles. The Kier molecular flexibility index (Phi) is 57.4. The lowest BCUT2D eigenvalue weighted by atomic mass is 9.99. The third-order valence-electron chi connectivity index (χ3n) is 15.6. The van der Waals surface area contributed by atoms with Gasteiger partial charge in [-0.1, -0.05) is 336 Å². The number of hydrogen-bond donors (Lipinski definition) is 0. The minimum absolute atomic E-state index is 0.0618. The van der Waals surface area contributed by atoms with Crippen LogP contribution in [-0.2, 0) is 28.6 Å². The molecule has 1 unspecified atom stereocenters. The van der Waals surface area contributed by atoms with Crippen LogP contribution in [0.3, 0.4) is 0 Å². The first-order valence-corrected chi connectivity index (χ1v) is 32.8. The molecule has 0 aromatic carbocycles. The summed E-state index contributed by atoms with van der Waals surface area (Å²) in [5.41, 5.74) is 0. The Morgan fingerprint density at radius 2 is 0.528 bits per heavy atom. The van der Waals surface area contributed by atoms with Crippen molar-refractivity contribution in [2.75, 3.05) is 13.2 Å². The van der Waals surface area contributed by atoms with Gasteiger partial charge in [-0.3, -0.25) is 14.4 Å². The molecule has 0 fully saturated rings. The standard InChI is InChI=1S/C66H128O6/c1-6-8-9-10-11-12-13-14-15-16-17-18-19-28-33-38-43-48-53-58-66(69)72-63(59-70-64(67)56-51-46-41-36-31-26-22-20-24-29-34-39-44-49-54-61(3)4)60-71-65(68)57-52-47-42-37-32-27-23-21-25-30-35-40-45-50-55-62(5)7-2/h61-63H,6-60H2,1-5H3/t62?,63-/m0/s1. The second-order valence-corrected chi connectivity index (χ2v) is 23.5. The molecule has 2 atom stereocenters. The third kappa shape index (κ3) is 57.7. The molecule has 0 bridgehead atoms. The number of ether oxygens (including phenoxy) is 3. The van der Waals surface area contributed by atoms with E-state index in [1.54, 1.807) is 0 Å². The summed E-state index contributed by atoms with van der Waals surface area (Å²) in [4.78, 5) is 38.4. The molecule has 0 saturated carbocycles. The Balaban J connectivity index is 4.29. The third-order valence-corrected chi connectivity index (χ3v) is 15.6. The number of carbonyl (C=O) groups is 3. The molecule has 6 nitrogen and oxygen atoms in total. The maximum Gasteiger partial charge on any atom is 0.306 e. The van der Waals surface area contributed by atoms with Crippen LogP contribution in [0.2, 0.25) is 0 Å². The Labute approximate surface area is 450 Å². The molecule has 0 rings (SSSR count). The summed E-state index contributed by atoms with van der Waals surface area (Å²) in [5, 5.41) is 0. The van der Waals surface area contributed by atoms with Gasteiger partial charge in [0.15, 0.2) is 6.10 Å². The quantitative estimate of drug-likeness (QED) is 0.0343. The molecule has 0 aliphatic rings. The normalized spacial score (nSPS) is 12.4. The van der Waals surface area contributed by atoms with E-state index in [1.165, 1.54) is 263 Å². The van der Waals surface area contributed by atoms with E-state index < -0.39 is 6.10 Å². The summed E-state index contributed by atoms with van der Waals surface area (Å²) in [5.74, 6) is 0.911. The second-order valence-electron chi connectivity index (χ2n) is 23.5. The summed E-state index contributed by atoms with van der Waals surface area (Å²) < 4.78 is 17.0. The fraction of sp³-hybridized carbons (Fsp3) is 0.955. The van der Waals surface area contributed by atoms with Crippen molar-refractivity contribution < 1.29 is 28.6 Å². The van der Waals surface area contributed by atoms with Gasteiger partial charge in [0.05, 0.1) is 0 Å². The number of unbranched alkanes of at least 4 members (excludes halogenated alkanes) is 44. The van der Waals surface area contributed by atoms with Gasteiger partial charge in [-0.2, -0.15) is 0 Å². The van der Waals surface area contributed by atoms with Crippen LogP contribution in [0.15, 0.2) is 0 Å². The molecule has 0 amide bonds. The Morgan fingerprint density at radius 3 is 0.792 bits per heavy atom. The lowest BCUT2D eigenvalue weighted by Crippen LogP contribution is -2.30. The second kappa shape index (κ2) is 58.7. The van der Waals surface area contributed by atoms with Crippen molar-refractivity contribution in [2.45, 2.75) is 381 Å². The number of carbonyl (C=O) groups excluding carboxylic acids is 3. The van der Waals surface area contributed by atoms with E-state index in [2.05, 4.69) is 34.6 Å². The predicted octanol–water partition coefficient (Wildman–Crippen LogP) is 22.0.